The van der Waals surface area contributed by atoms with Gasteiger partial charge in [0.25, 0.3) is 5.91 Å². The second-order valence-electron chi connectivity index (χ2n) is 4.99. The highest BCUT2D eigenvalue weighted by molar-refractivity contribution is 6.43. The first-order chi connectivity index (χ1) is 10.5. The van der Waals surface area contributed by atoms with Gasteiger partial charge >= 0.3 is 0 Å². The van der Waals surface area contributed by atoms with E-state index in [-0.39, 0.29) is 10.9 Å². The highest BCUT2D eigenvalue weighted by Crippen LogP contribution is 2.26. The van der Waals surface area contributed by atoms with Crippen molar-refractivity contribution in [1.82, 2.24) is 4.90 Å². The first-order valence-electron chi connectivity index (χ1n) is 6.88. The third-order valence-electron chi connectivity index (χ3n) is 3.25. The third-order valence-corrected chi connectivity index (χ3v) is 4.06. The number of ether oxygens (including phenoxy) is 1. The van der Waals surface area contributed by atoms with Gasteiger partial charge < -0.3 is 9.64 Å². The average Bonchev–Trinajstić information content (AvgIpc) is 2.51. The number of likely N-dealkylation sites (N-methyl/N-ethyl adjacent to an activating group) is 1. The van der Waals surface area contributed by atoms with Gasteiger partial charge in [0.05, 0.1) is 22.2 Å². The first kappa shape index (κ1) is 16.7. The zero-order valence-electron chi connectivity index (χ0n) is 12.5. The van der Waals surface area contributed by atoms with E-state index in [4.69, 9.17) is 27.9 Å². The van der Waals surface area contributed by atoms with Crippen LogP contribution >= 0.6 is 23.2 Å². The average molecular weight is 338 g/mol. The van der Waals surface area contributed by atoms with Gasteiger partial charge in [0.2, 0.25) is 0 Å². The largest absolute Gasteiger partial charge is 0.492 e. The van der Waals surface area contributed by atoms with Crippen LogP contribution in [-0.4, -0.2) is 31.0 Å². The van der Waals surface area contributed by atoms with Crippen molar-refractivity contribution in [3.8, 4) is 5.75 Å². The summed E-state index contributed by atoms with van der Waals surface area (Å²) in [5.74, 6) is 0.604. The van der Waals surface area contributed by atoms with E-state index in [0.717, 1.165) is 5.75 Å². The summed E-state index contributed by atoms with van der Waals surface area (Å²) in [6.07, 6.45) is 0. The molecule has 2 aromatic carbocycles. The SMILES string of the molecule is Cc1ccc(OCCN(C)C(=O)c2cccc(Cl)c2Cl)cc1. The smallest absolute Gasteiger partial charge is 0.255 e. The maximum absolute atomic E-state index is 12.3. The molecule has 0 saturated carbocycles. The van der Waals surface area contributed by atoms with Crippen LogP contribution in [0.3, 0.4) is 0 Å². The Balaban J connectivity index is 1.91. The van der Waals surface area contributed by atoms with Crippen molar-refractivity contribution >= 4 is 29.1 Å². The Bertz CT molecular complexity index is 656. The van der Waals surface area contributed by atoms with Crippen LogP contribution in [0.25, 0.3) is 0 Å². The van der Waals surface area contributed by atoms with Crippen molar-refractivity contribution in [1.29, 1.82) is 0 Å². The molecule has 0 atom stereocenters. The minimum Gasteiger partial charge on any atom is -0.492 e. The van der Waals surface area contributed by atoms with Crippen LogP contribution in [0.1, 0.15) is 15.9 Å². The van der Waals surface area contributed by atoms with Crippen molar-refractivity contribution in [2.24, 2.45) is 0 Å². The van der Waals surface area contributed by atoms with Gasteiger partial charge in [0.1, 0.15) is 12.4 Å². The van der Waals surface area contributed by atoms with Crippen LogP contribution in [0.2, 0.25) is 10.0 Å². The number of benzene rings is 2. The second-order valence-corrected chi connectivity index (χ2v) is 5.77. The molecule has 3 nitrogen and oxygen atoms in total. The molecule has 0 unspecified atom stereocenters. The predicted molar refractivity (Wildman–Crippen MR) is 90.1 cm³/mol. The van der Waals surface area contributed by atoms with Gasteiger partial charge in [-0.05, 0) is 31.2 Å². The zero-order valence-corrected chi connectivity index (χ0v) is 14.0. The first-order valence-corrected chi connectivity index (χ1v) is 7.63. The second kappa shape index (κ2) is 7.52. The molecule has 0 radical (unpaired) electrons. The zero-order chi connectivity index (χ0) is 16.1. The molecule has 2 rings (SSSR count). The lowest BCUT2D eigenvalue weighted by Gasteiger charge is -2.18. The summed E-state index contributed by atoms with van der Waals surface area (Å²) in [6.45, 7) is 2.88. The molecule has 0 aliphatic rings. The quantitative estimate of drug-likeness (QED) is 0.806. The molecule has 2 aromatic rings. The van der Waals surface area contributed by atoms with E-state index in [0.29, 0.717) is 23.7 Å². The van der Waals surface area contributed by atoms with Crippen molar-refractivity contribution < 1.29 is 9.53 Å². The Labute approximate surface area is 140 Å². The Kier molecular flexibility index (Phi) is 5.69. The minimum atomic E-state index is -0.181. The van der Waals surface area contributed by atoms with Crippen LogP contribution in [0.4, 0.5) is 0 Å². The summed E-state index contributed by atoms with van der Waals surface area (Å²) >= 11 is 12.0. The fourth-order valence-electron chi connectivity index (χ4n) is 1.91. The number of nitrogens with zero attached hydrogens (tertiary/aromatic N) is 1. The lowest BCUT2D eigenvalue weighted by molar-refractivity contribution is 0.0774. The predicted octanol–water partition coefficient (Wildman–Crippen LogP) is 4.45. The minimum absolute atomic E-state index is 0.181. The fraction of sp³-hybridized carbons (Fsp3) is 0.235. The van der Waals surface area contributed by atoms with Crippen molar-refractivity contribution in [2.75, 3.05) is 20.2 Å². The topological polar surface area (TPSA) is 29.5 Å². The normalized spacial score (nSPS) is 10.4. The molecule has 0 heterocycles. The Hall–Kier alpha value is -1.71. The molecule has 0 bridgehead atoms. The number of hydrogen-bond acceptors (Lipinski definition) is 2. The summed E-state index contributed by atoms with van der Waals surface area (Å²) in [5, 5.41) is 0.650. The Morgan fingerprint density at radius 2 is 1.82 bits per heavy atom. The van der Waals surface area contributed by atoms with E-state index < -0.39 is 0 Å². The van der Waals surface area contributed by atoms with Gasteiger partial charge in [-0.2, -0.15) is 0 Å². The van der Waals surface area contributed by atoms with E-state index in [1.165, 1.54) is 5.56 Å². The number of halogens is 2. The summed E-state index contributed by atoms with van der Waals surface area (Å²) in [6, 6.07) is 12.8. The van der Waals surface area contributed by atoms with E-state index >= 15 is 0 Å². The standard InChI is InChI=1S/C17H17Cl2NO2/c1-12-6-8-13(9-7-12)22-11-10-20(2)17(21)14-4-3-5-15(18)16(14)19/h3-9H,10-11H2,1-2H3. The molecule has 0 fully saturated rings. The van der Waals surface area contributed by atoms with Gasteiger partial charge in [-0.25, -0.2) is 0 Å². The lowest BCUT2D eigenvalue weighted by atomic mass is 10.2. The molecule has 0 aliphatic carbocycles. The van der Waals surface area contributed by atoms with Gasteiger partial charge in [-0.1, -0.05) is 47.0 Å². The van der Waals surface area contributed by atoms with Crippen LogP contribution < -0.4 is 4.74 Å². The molecule has 22 heavy (non-hydrogen) atoms. The van der Waals surface area contributed by atoms with Crippen molar-refractivity contribution in [3.05, 3.63) is 63.6 Å². The molecular weight excluding hydrogens is 321 g/mol. The van der Waals surface area contributed by atoms with Crippen molar-refractivity contribution in [2.45, 2.75) is 6.92 Å². The molecular formula is C17H17Cl2NO2. The Morgan fingerprint density at radius 3 is 2.50 bits per heavy atom. The Morgan fingerprint density at radius 1 is 1.14 bits per heavy atom. The number of amides is 1. The van der Waals surface area contributed by atoms with Gasteiger partial charge in [-0.3, -0.25) is 4.79 Å². The number of aryl methyl sites for hydroxylation is 1. The molecule has 0 N–H and O–H groups in total. The fourth-order valence-corrected chi connectivity index (χ4v) is 2.29. The van der Waals surface area contributed by atoms with Crippen LogP contribution in [0, 0.1) is 6.92 Å². The maximum atomic E-state index is 12.3. The summed E-state index contributed by atoms with van der Waals surface area (Å²) in [5.41, 5.74) is 1.57. The highest BCUT2D eigenvalue weighted by atomic mass is 35.5. The van der Waals surface area contributed by atoms with E-state index in [9.17, 15) is 4.79 Å². The molecule has 0 spiro atoms. The molecule has 1 amide bonds. The summed E-state index contributed by atoms with van der Waals surface area (Å²) < 4.78 is 5.62. The van der Waals surface area contributed by atoms with E-state index in [1.54, 1.807) is 30.1 Å². The van der Waals surface area contributed by atoms with Crippen LogP contribution in [-0.2, 0) is 0 Å². The van der Waals surface area contributed by atoms with Crippen LogP contribution in [0.15, 0.2) is 42.5 Å². The summed E-state index contributed by atoms with van der Waals surface area (Å²) in [7, 11) is 1.71. The van der Waals surface area contributed by atoms with Gasteiger partial charge in [0.15, 0.2) is 0 Å². The van der Waals surface area contributed by atoms with Crippen LogP contribution in [0.5, 0.6) is 5.75 Å². The highest BCUT2D eigenvalue weighted by Gasteiger charge is 2.16. The molecule has 0 aromatic heterocycles. The monoisotopic (exact) mass is 337 g/mol. The van der Waals surface area contributed by atoms with Gasteiger partial charge in [0, 0.05) is 7.05 Å². The number of rotatable bonds is 5. The van der Waals surface area contributed by atoms with Crippen molar-refractivity contribution in [3.63, 3.8) is 0 Å². The molecule has 0 saturated heterocycles. The number of carbonyl (C=O) groups excluding carboxylic acids is 1. The number of hydrogen-bond donors (Lipinski definition) is 0. The lowest BCUT2D eigenvalue weighted by Crippen LogP contribution is -2.31. The van der Waals surface area contributed by atoms with Gasteiger partial charge in [-0.15, -0.1) is 0 Å². The molecule has 0 aliphatic heterocycles. The van der Waals surface area contributed by atoms with E-state index in [1.807, 2.05) is 31.2 Å². The maximum Gasteiger partial charge on any atom is 0.255 e. The van der Waals surface area contributed by atoms with E-state index in [2.05, 4.69) is 0 Å². The third kappa shape index (κ3) is 4.15. The number of carbonyl (C=O) groups is 1. The summed E-state index contributed by atoms with van der Waals surface area (Å²) in [4.78, 5) is 13.9. The molecule has 5 heteroatoms. The molecule has 116 valence electrons.